The first-order valence-electron chi connectivity index (χ1n) is 4.60. The molecule has 0 saturated heterocycles. The highest BCUT2D eigenvalue weighted by atomic mass is 35.5. The zero-order chi connectivity index (χ0) is 11.5. The van der Waals surface area contributed by atoms with Crippen molar-refractivity contribution in [2.45, 2.75) is 9.79 Å². The third-order valence-corrected chi connectivity index (χ3v) is 3.29. The summed E-state index contributed by atoms with van der Waals surface area (Å²) in [5, 5.41) is 19.6. The number of phenols is 2. The van der Waals surface area contributed by atoms with Gasteiger partial charge in [-0.3, -0.25) is 0 Å². The van der Waals surface area contributed by atoms with Gasteiger partial charge < -0.3 is 10.2 Å². The normalized spacial score (nSPS) is 10.3. The van der Waals surface area contributed by atoms with Crippen LogP contribution in [-0.2, 0) is 0 Å². The van der Waals surface area contributed by atoms with E-state index in [2.05, 4.69) is 0 Å². The molecule has 0 aliphatic rings. The molecule has 0 unspecified atom stereocenters. The van der Waals surface area contributed by atoms with Crippen LogP contribution in [0.3, 0.4) is 0 Å². The molecule has 0 saturated carbocycles. The first-order valence-corrected chi connectivity index (χ1v) is 5.80. The van der Waals surface area contributed by atoms with E-state index >= 15 is 0 Å². The molecule has 0 fully saturated rings. The molecule has 2 nitrogen and oxygen atoms in total. The molecular weight excluding hydrogens is 244 g/mol. The molecule has 4 heteroatoms. The van der Waals surface area contributed by atoms with Gasteiger partial charge in [0.25, 0.3) is 0 Å². The Kier molecular flexibility index (Phi) is 3.27. The minimum Gasteiger partial charge on any atom is -0.508 e. The minimum absolute atomic E-state index is 0.134. The van der Waals surface area contributed by atoms with Crippen molar-refractivity contribution in [3.8, 4) is 11.5 Å². The second kappa shape index (κ2) is 4.68. The predicted octanol–water partition coefficient (Wildman–Crippen LogP) is 3.90. The summed E-state index contributed by atoms with van der Waals surface area (Å²) in [5.74, 6) is 0.284. The highest BCUT2D eigenvalue weighted by Gasteiger charge is 2.04. The minimum atomic E-state index is 0.134. The summed E-state index contributed by atoms with van der Waals surface area (Å²) < 4.78 is 0. The van der Waals surface area contributed by atoms with Crippen molar-refractivity contribution in [1.29, 1.82) is 0 Å². The van der Waals surface area contributed by atoms with Crippen LogP contribution in [0.4, 0.5) is 0 Å². The molecule has 0 aromatic heterocycles. The molecule has 0 atom stereocenters. The molecule has 2 aromatic carbocycles. The zero-order valence-corrected chi connectivity index (χ0v) is 9.79. The van der Waals surface area contributed by atoms with Crippen molar-refractivity contribution in [2.24, 2.45) is 0 Å². The summed E-state index contributed by atoms with van der Waals surface area (Å²) in [5.41, 5.74) is 0. The highest BCUT2D eigenvalue weighted by molar-refractivity contribution is 7.99. The topological polar surface area (TPSA) is 40.5 Å². The predicted molar refractivity (Wildman–Crippen MR) is 65.3 cm³/mol. The summed E-state index contributed by atoms with van der Waals surface area (Å²) in [6, 6.07) is 11.7. The van der Waals surface area contributed by atoms with Gasteiger partial charge in [-0.25, -0.2) is 0 Å². The molecule has 0 bridgehead atoms. The van der Waals surface area contributed by atoms with Crippen molar-refractivity contribution < 1.29 is 10.2 Å². The Bertz CT molecular complexity index is 497. The van der Waals surface area contributed by atoms with E-state index in [-0.39, 0.29) is 11.5 Å². The molecule has 2 N–H and O–H groups in total. The van der Waals surface area contributed by atoms with Crippen molar-refractivity contribution in [1.82, 2.24) is 0 Å². The first kappa shape index (κ1) is 11.2. The van der Waals surface area contributed by atoms with E-state index in [1.807, 2.05) is 12.1 Å². The molecule has 0 heterocycles. The van der Waals surface area contributed by atoms with Crippen molar-refractivity contribution in [3.63, 3.8) is 0 Å². The van der Waals surface area contributed by atoms with E-state index in [4.69, 9.17) is 11.6 Å². The van der Waals surface area contributed by atoms with E-state index in [1.165, 1.54) is 30.0 Å². The molecule has 0 aliphatic carbocycles. The fraction of sp³-hybridized carbons (Fsp3) is 0. The largest absolute Gasteiger partial charge is 0.508 e. The Labute approximate surface area is 103 Å². The Hall–Kier alpha value is -1.32. The highest BCUT2D eigenvalue weighted by Crippen LogP contribution is 2.36. The molecule has 2 rings (SSSR count). The van der Waals surface area contributed by atoms with Crippen LogP contribution < -0.4 is 0 Å². The van der Waals surface area contributed by atoms with Crippen molar-refractivity contribution in [2.75, 3.05) is 0 Å². The quantitative estimate of drug-likeness (QED) is 0.797. The van der Waals surface area contributed by atoms with E-state index in [1.54, 1.807) is 12.1 Å². The number of benzene rings is 2. The first-order chi connectivity index (χ1) is 7.65. The van der Waals surface area contributed by atoms with Crippen LogP contribution in [0.15, 0.2) is 52.3 Å². The summed E-state index contributed by atoms with van der Waals surface area (Å²) >= 11 is 7.14. The van der Waals surface area contributed by atoms with Gasteiger partial charge in [0.05, 0.1) is 4.90 Å². The lowest BCUT2D eigenvalue weighted by Crippen LogP contribution is -1.75. The second-order valence-corrected chi connectivity index (χ2v) is 4.76. The smallest absolute Gasteiger partial charge is 0.129 e. The lowest BCUT2D eigenvalue weighted by molar-refractivity contribution is 0.448. The Morgan fingerprint density at radius 1 is 0.938 bits per heavy atom. The van der Waals surface area contributed by atoms with Gasteiger partial charge in [0.15, 0.2) is 0 Å². The summed E-state index contributed by atoms with van der Waals surface area (Å²) in [4.78, 5) is 1.56. The second-order valence-electron chi connectivity index (χ2n) is 3.21. The molecule has 16 heavy (non-hydrogen) atoms. The van der Waals surface area contributed by atoms with Gasteiger partial charge >= 0.3 is 0 Å². The van der Waals surface area contributed by atoms with Gasteiger partial charge in [0.2, 0.25) is 0 Å². The molecular formula is C12H9ClO2S. The maximum atomic E-state index is 9.59. The fourth-order valence-corrected chi connectivity index (χ4v) is 2.22. The van der Waals surface area contributed by atoms with Crippen LogP contribution >= 0.6 is 23.4 Å². The number of hydrogen-bond acceptors (Lipinski definition) is 3. The number of phenolic OH excluding ortho intramolecular Hbond substituents is 2. The van der Waals surface area contributed by atoms with Gasteiger partial charge in [0, 0.05) is 9.92 Å². The molecule has 0 spiro atoms. The van der Waals surface area contributed by atoms with Crippen LogP contribution in [0.2, 0.25) is 5.02 Å². The summed E-state index contributed by atoms with van der Waals surface area (Å²) in [6.07, 6.45) is 0. The lowest BCUT2D eigenvalue weighted by Gasteiger charge is -2.04. The van der Waals surface area contributed by atoms with E-state index in [0.29, 0.717) is 9.92 Å². The van der Waals surface area contributed by atoms with E-state index in [9.17, 15) is 10.2 Å². The third-order valence-electron chi connectivity index (χ3n) is 1.98. The Morgan fingerprint density at radius 3 is 2.31 bits per heavy atom. The van der Waals surface area contributed by atoms with Crippen molar-refractivity contribution in [3.05, 3.63) is 47.5 Å². The van der Waals surface area contributed by atoms with E-state index < -0.39 is 0 Å². The van der Waals surface area contributed by atoms with Crippen LogP contribution in [0, 0.1) is 0 Å². The van der Waals surface area contributed by atoms with Gasteiger partial charge in [-0.05, 0) is 42.5 Å². The number of aromatic hydroxyl groups is 2. The van der Waals surface area contributed by atoms with Gasteiger partial charge in [-0.2, -0.15) is 0 Å². The van der Waals surface area contributed by atoms with Gasteiger partial charge in [0.1, 0.15) is 11.5 Å². The number of hydrogen-bond donors (Lipinski definition) is 2. The SMILES string of the molecule is Oc1ccc(O)c(Sc2ccc(Cl)cc2)c1. The fourth-order valence-electron chi connectivity index (χ4n) is 1.21. The van der Waals surface area contributed by atoms with E-state index in [0.717, 1.165) is 4.90 Å². The zero-order valence-electron chi connectivity index (χ0n) is 8.22. The third kappa shape index (κ3) is 2.62. The van der Waals surface area contributed by atoms with Crippen LogP contribution in [0.25, 0.3) is 0 Å². The summed E-state index contributed by atoms with van der Waals surface area (Å²) in [6.45, 7) is 0. The van der Waals surface area contributed by atoms with Crippen LogP contribution in [-0.4, -0.2) is 10.2 Å². The maximum Gasteiger partial charge on any atom is 0.129 e. The van der Waals surface area contributed by atoms with Gasteiger partial charge in [-0.15, -0.1) is 0 Å². The van der Waals surface area contributed by atoms with Crippen LogP contribution in [0.1, 0.15) is 0 Å². The molecule has 0 radical (unpaired) electrons. The number of rotatable bonds is 2. The molecule has 0 aliphatic heterocycles. The van der Waals surface area contributed by atoms with Crippen LogP contribution in [0.5, 0.6) is 11.5 Å². The molecule has 2 aromatic rings. The number of halogens is 1. The average Bonchev–Trinajstić information content (AvgIpc) is 2.27. The Morgan fingerprint density at radius 2 is 1.62 bits per heavy atom. The standard InChI is InChI=1S/C12H9ClO2S/c13-8-1-4-10(5-2-8)16-12-7-9(14)3-6-11(12)15/h1-7,14-15H. The molecule has 0 amide bonds. The maximum absolute atomic E-state index is 9.59. The molecule has 82 valence electrons. The van der Waals surface area contributed by atoms with Crippen molar-refractivity contribution >= 4 is 23.4 Å². The summed E-state index contributed by atoms with van der Waals surface area (Å²) in [7, 11) is 0. The monoisotopic (exact) mass is 252 g/mol. The Balaban J connectivity index is 2.26. The van der Waals surface area contributed by atoms with Gasteiger partial charge in [-0.1, -0.05) is 23.4 Å². The lowest BCUT2D eigenvalue weighted by atomic mass is 10.3. The average molecular weight is 253 g/mol.